The topological polar surface area (TPSA) is 67.6 Å². The predicted molar refractivity (Wildman–Crippen MR) is 104 cm³/mol. The van der Waals surface area contributed by atoms with E-state index in [1.165, 1.54) is 18.9 Å². The van der Waals surface area contributed by atoms with Crippen molar-refractivity contribution >= 4 is 23.0 Å². The molecule has 1 aromatic rings. The summed E-state index contributed by atoms with van der Waals surface area (Å²) in [5.74, 6) is 0. The number of piperidine rings is 1. The van der Waals surface area contributed by atoms with Gasteiger partial charge in [0, 0.05) is 42.9 Å². The molecule has 0 unspecified atom stereocenters. The monoisotopic (exact) mass is 381 g/mol. The summed E-state index contributed by atoms with van der Waals surface area (Å²) in [6.07, 6.45) is 6.99. The van der Waals surface area contributed by atoms with Gasteiger partial charge in [0.15, 0.2) is 0 Å². The van der Waals surface area contributed by atoms with Crippen LogP contribution in [-0.4, -0.2) is 47.7 Å². The van der Waals surface area contributed by atoms with Gasteiger partial charge in [0.1, 0.15) is 5.69 Å². The lowest BCUT2D eigenvalue weighted by molar-refractivity contribution is -0.384. The number of halogens is 1. The Morgan fingerprint density at radius 3 is 2.50 bits per heavy atom. The molecule has 7 heteroatoms. The van der Waals surface area contributed by atoms with Gasteiger partial charge in [0.2, 0.25) is 0 Å². The van der Waals surface area contributed by atoms with Gasteiger partial charge in [-0.15, -0.1) is 0 Å². The zero-order chi connectivity index (χ0) is 18.7. The second-order valence-electron chi connectivity index (χ2n) is 7.76. The molecule has 1 aromatic carbocycles. The molecular formula is C19H28ClN3O3. The second kappa shape index (κ2) is 8.11. The van der Waals surface area contributed by atoms with Crippen molar-refractivity contribution in [3.8, 4) is 0 Å². The zero-order valence-corrected chi connectivity index (χ0v) is 16.3. The van der Waals surface area contributed by atoms with Crippen LogP contribution in [0.25, 0.3) is 0 Å². The number of methoxy groups -OCH3 is 1. The van der Waals surface area contributed by atoms with E-state index in [4.69, 9.17) is 16.3 Å². The fourth-order valence-electron chi connectivity index (χ4n) is 4.33. The van der Waals surface area contributed by atoms with Crippen LogP contribution in [-0.2, 0) is 4.74 Å². The lowest BCUT2D eigenvalue weighted by Gasteiger charge is -2.48. The van der Waals surface area contributed by atoms with Gasteiger partial charge in [-0.05, 0) is 57.6 Å². The van der Waals surface area contributed by atoms with Crippen molar-refractivity contribution in [2.45, 2.75) is 63.1 Å². The van der Waals surface area contributed by atoms with Crippen LogP contribution in [0, 0.1) is 10.1 Å². The van der Waals surface area contributed by atoms with Crippen molar-refractivity contribution in [1.82, 2.24) is 4.90 Å². The van der Waals surface area contributed by atoms with E-state index in [9.17, 15) is 10.1 Å². The van der Waals surface area contributed by atoms with Gasteiger partial charge in [-0.25, -0.2) is 0 Å². The number of hydrogen-bond donors (Lipinski definition) is 1. The smallest absolute Gasteiger partial charge is 0.293 e. The summed E-state index contributed by atoms with van der Waals surface area (Å²) < 4.78 is 5.50. The molecular weight excluding hydrogens is 354 g/mol. The maximum absolute atomic E-state index is 11.3. The van der Waals surface area contributed by atoms with Crippen molar-refractivity contribution in [2.24, 2.45) is 0 Å². The Hall–Kier alpha value is -1.37. The highest BCUT2D eigenvalue weighted by molar-refractivity contribution is 6.30. The number of hydrogen-bond acceptors (Lipinski definition) is 5. The average Bonchev–Trinajstić information content (AvgIpc) is 2.64. The van der Waals surface area contributed by atoms with Gasteiger partial charge < -0.3 is 10.1 Å². The Labute approximate surface area is 160 Å². The van der Waals surface area contributed by atoms with Crippen LogP contribution in [0.4, 0.5) is 11.4 Å². The number of benzene rings is 1. The van der Waals surface area contributed by atoms with Crippen LogP contribution in [0.1, 0.15) is 45.4 Å². The standard InChI is InChI=1S/C19H28ClN3O3/c1-19(9-5-16(26-2)6-10-19)22-11-7-15(8-12-22)21-17-4-3-14(20)13-18(17)23(24)25/h3-4,13,15-16,21H,5-12H2,1-2H3/t16-,19-. The minimum absolute atomic E-state index is 0.0461. The quantitative estimate of drug-likeness (QED) is 0.602. The number of anilines is 1. The Balaban J connectivity index is 1.57. The highest BCUT2D eigenvalue weighted by atomic mass is 35.5. The first-order chi connectivity index (χ1) is 12.4. The van der Waals surface area contributed by atoms with Crippen molar-refractivity contribution in [2.75, 3.05) is 25.5 Å². The number of nitro benzene ring substituents is 1. The molecule has 1 N–H and O–H groups in total. The molecule has 0 bridgehead atoms. The molecule has 3 rings (SSSR count). The fraction of sp³-hybridized carbons (Fsp3) is 0.684. The summed E-state index contributed by atoms with van der Waals surface area (Å²) >= 11 is 5.90. The Morgan fingerprint density at radius 2 is 1.92 bits per heavy atom. The SMILES string of the molecule is CO[C@H]1CC[C@](C)(N2CCC(Nc3ccc(Cl)cc3[N+](=O)[O-])CC2)CC1. The Bertz CT molecular complexity index is 639. The highest BCUT2D eigenvalue weighted by Crippen LogP contribution is 2.37. The van der Waals surface area contributed by atoms with Crippen molar-refractivity contribution < 1.29 is 9.66 Å². The number of ether oxygens (including phenoxy) is 1. The summed E-state index contributed by atoms with van der Waals surface area (Å²) in [6.45, 7) is 4.41. The molecule has 0 spiro atoms. The van der Waals surface area contributed by atoms with Crippen LogP contribution in [0.5, 0.6) is 0 Å². The molecule has 144 valence electrons. The van der Waals surface area contributed by atoms with Crippen molar-refractivity contribution in [3.05, 3.63) is 33.3 Å². The highest BCUT2D eigenvalue weighted by Gasteiger charge is 2.38. The Kier molecular flexibility index (Phi) is 6.05. The van der Waals surface area contributed by atoms with Crippen LogP contribution >= 0.6 is 11.6 Å². The van der Waals surface area contributed by atoms with Gasteiger partial charge in [-0.1, -0.05) is 11.6 Å². The summed E-state index contributed by atoms with van der Waals surface area (Å²) in [7, 11) is 1.81. The van der Waals surface area contributed by atoms with E-state index in [0.29, 0.717) is 16.8 Å². The normalized spacial score (nSPS) is 28.0. The molecule has 1 saturated heterocycles. The molecule has 0 radical (unpaired) electrons. The number of nitrogens with one attached hydrogen (secondary N) is 1. The first-order valence-electron chi connectivity index (χ1n) is 9.39. The number of likely N-dealkylation sites (tertiary alicyclic amines) is 1. The minimum Gasteiger partial charge on any atom is -0.381 e. The minimum atomic E-state index is -0.376. The van der Waals surface area contributed by atoms with Crippen molar-refractivity contribution in [3.63, 3.8) is 0 Å². The molecule has 1 saturated carbocycles. The largest absolute Gasteiger partial charge is 0.381 e. The molecule has 2 aliphatic rings. The third-order valence-electron chi connectivity index (χ3n) is 6.12. The van der Waals surface area contributed by atoms with E-state index >= 15 is 0 Å². The summed E-state index contributed by atoms with van der Waals surface area (Å²) in [5.41, 5.74) is 0.862. The summed E-state index contributed by atoms with van der Waals surface area (Å²) in [5, 5.41) is 15.0. The number of rotatable bonds is 5. The molecule has 1 aliphatic heterocycles. The maximum Gasteiger partial charge on any atom is 0.293 e. The first-order valence-corrected chi connectivity index (χ1v) is 9.77. The molecule has 1 heterocycles. The summed E-state index contributed by atoms with van der Waals surface area (Å²) in [4.78, 5) is 13.5. The molecule has 0 amide bonds. The van der Waals surface area contributed by atoms with Crippen LogP contribution in [0.15, 0.2) is 18.2 Å². The van der Waals surface area contributed by atoms with E-state index in [0.717, 1.165) is 38.8 Å². The lowest BCUT2D eigenvalue weighted by Crippen LogP contribution is -2.53. The predicted octanol–water partition coefficient (Wildman–Crippen LogP) is 4.47. The molecule has 6 nitrogen and oxygen atoms in total. The molecule has 2 fully saturated rings. The molecule has 1 aliphatic carbocycles. The second-order valence-corrected chi connectivity index (χ2v) is 8.19. The van der Waals surface area contributed by atoms with Crippen LogP contribution < -0.4 is 5.32 Å². The molecule has 0 atom stereocenters. The first kappa shape index (κ1) is 19.4. The van der Waals surface area contributed by atoms with E-state index in [2.05, 4.69) is 17.1 Å². The fourth-order valence-corrected chi connectivity index (χ4v) is 4.49. The average molecular weight is 382 g/mol. The van der Waals surface area contributed by atoms with Crippen LogP contribution in [0.2, 0.25) is 5.02 Å². The molecule has 26 heavy (non-hydrogen) atoms. The van der Waals surface area contributed by atoms with E-state index in [1.54, 1.807) is 19.2 Å². The van der Waals surface area contributed by atoms with E-state index < -0.39 is 0 Å². The third-order valence-corrected chi connectivity index (χ3v) is 6.35. The van der Waals surface area contributed by atoms with Gasteiger partial charge in [0.05, 0.1) is 11.0 Å². The zero-order valence-electron chi connectivity index (χ0n) is 15.5. The Morgan fingerprint density at radius 1 is 1.27 bits per heavy atom. The summed E-state index contributed by atoms with van der Waals surface area (Å²) in [6, 6.07) is 5.07. The third kappa shape index (κ3) is 4.30. The maximum atomic E-state index is 11.3. The van der Waals surface area contributed by atoms with E-state index in [-0.39, 0.29) is 22.2 Å². The van der Waals surface area contributed by atoms with E-state index in [1.807, 2.05) is 0 Å². The molecule has 0 aromatic heterocycles. The number of nitrogens with zero attached hydrogens (tertiary/aromatic N) is 2. The van der Waals surface area contributed by atoms with Crippen LogP contribution in [0.3, 0.4) is 0 Å². The van der Waals surface area contributed by atoms with Crippen molar-refractivity contribution in [1.29, 1.82) is 0 Å². The van der Waals surface area contributed by atoms with Gasteiger partial charge in [-0.2, -0.15) is 0 Å². The lowest BCUT2D eigenvalue weighted by atomic mass is 9.79. The van der Waals surface area contributed by atoms with Gasteiger partial charge in [0.25, 0.3) is 5.69 Å². The number of nitro groups is 1. The van der Waals surface area contributed by atoms with Gasteiger partial charge >= 0.3 is 0 Å². The van der Waals surface area contributed by atoms with Gasteiger partial charge in [-0.3, -0.25) is 15.0 Å².